The fourth-order valence-corrected chi connectivity index (χ4v) is 3.62. The van der Waals surface area contributed by atoms with Crippen LogP contribution in [0.15, 0.2) is 46.0 Å². The number of hydrogen-bond acceptors (Lipinski definition) is 6. The van der Waals surface area contributed by atoms with Crippen molar-refractivity contribution in [2.45, 2.75) is 19.9 Å². The Morgan fingerprint density at radius 1 is 1.32 bits per heavy atom. The quantitative estimate of drug-likeness (QED) is 0.545. The third-order valence-electron chi connectivity index (χ3n) is 3.77. The fourth-order valence-electron chi connectivity index (χ4n) is 2.51. The highest BCUT2D eigenvalue weighted by atomic mass is 35.5. The average Bonchev–Trinajstić information content (AvgIpc) is 3.24. The Hall–Kier alpha value is -2.51. The van der Waals surface area contributed by atoms with Gasteiger partial charge in [-0.15, -0.1) is 11.3 Å². The van der Waals surface area contributed by atoms with Crippen LogP contribution in [0, 0.1) is 0 Å². The predicted molar refractivity (Wildman–Crippen MR) is 97.1 cm³/mol. The summed E-state index contributed by atoms with van der Waals surface area (Å²) < 4.78 is 6.74. The maximum atomic E-state index is 12.6. The highest BCUT2D eigenvalue weighted by molar-refractivity contribution is 7.18. The van der Waals surface area contributed by atoms with Crippen LogP contribution in [0.1, 0.15) is 17.7 Å². The number of fused-ring (bicyclic) bond motifs is 1. The van der Waals surface area contributed by atoms with Crippen molar-refractivity contribution in [3.05, 3.63) is 62.8 Å². The van der Waals surface area contributed by atoms with Crippen molar-refractivity contribution in [3.8, 4) is 11.4 Å². The summed E-state index contributed by atoms with van der Waals surface area (Å²) in [6, 6.07) is 9.10. The summed E-state index contributed by atoms with van der Waals surface area (Å²) in [6.45, 7) is 2.23. The van der Waals surface area contributed by atoms with Crippen LogP contribution in [-0.2, 0) is 13.0 Å². The highest BCUT2D eigenvalue weighted by Gasteiger charge is 2.13. The third-order valence-corrected chi connectivity index (χ3v) is 5.20. The number of benzene rings is 1. The first-order valence-electron chi connectivity index (χ1n) is 7.70. The van der Waals surface area contributed by atoms with Gasteiger partial charge in [-0.2, -0.15) is 4.98 Å². The summed E-state index contributed by atoms with van der Waals surface area (Å²) >= 11 is 7.52. The normalized spacial score (nSPS) is 11.3. The van der Waals surface area contributed by atoms with E-state index in [1.807, 2.05) is 18.2 Å². The summed E-state index contributed by atoms with van der Waals surface area (Å²) in [5, 5.41) is 5.17. The molecule has 6 nitrogen and oxygen atoms in total. The zero-order chi connectivity index (χ0) is 17.4. The topological polar surface area (TPSA) is 73.8 Å². The molecule has 1 aromatic carbocycles. The van der Waals surface area contributed by atoms with E-state index in [4.69, 9.17) is 16.1 Å². The van der Waals surface area contributed by atoms with Gasteiger partial charge in [-0.25, -0.2) is 4.98 Å². The molecule has 0 spiro atoms. The van der Waals surface area contributed by atoms with E-state index in [0.717, 1.165) is 21.7 Å². The molecule has 0 saturated carbocycles. The van der Waals surface area contributed by atoms with E-state index in [0.29, 0.717) is 22.1 Å². The molecule has 25 heavy (non-hydrogen) atoms. The van der Waals surface area contributed by atoms with Crippen molar-refractivity contribution < 1.29 is 4.52 Å². The lowest BCUT2D eigenvalue weighted by Crippen LogP contribution is -2.20. The van der Waals surface area contributed by atoms with Crippen molar-refractivity contribution in [3.63, 3.8) is 0 Å². The Kier molecular flexibility index (Phi) is 4.10. The van der Waals surface area contributed by atoms with Crippen LogP contribution < -0.4 is 5.56 Å². The molecule has 0 radical (unpaired) electrons. The first-order chi connectivity index (χ1) is 12.1. The zero-order valence-electron chi connectivity index (χ0n) is 13.3. The molecule has 0 atom stereocenters. The van der Waals surface area contributed by atoms with Gasteiger partial charge >= 0.3 is 0 Å². The van der Waals surface area contributed by atoms with Crippen molar-refractivity contribution in [1.29, 1.82) is 0 Å². The van der Waals surface area contributed by atoms with Gasteiger partial charge in [-0.05, 0) is 24.6 Å². The lowest BCUT2D eigenvalue weighted by Gasteiger charge is -2.00. The Morgan fingerprint density at radius 2 is 2.20 bits per heavy atom. The van der Waals surface area contributed by atoms with Crippen LogP contribution in [0.3, 0.4) is 0 Å². The SMILES string of the molecule is CCc1cc2c(=O)n(Cc3nc(-c4cccc(Cl)c4)no3)cnc2s1. The van der Waals surface area contributed by atoms with Crippen LogP contribution in [0.25, 0.3) is 21.6 Å². The van der Waals surface area contributed by atoms with Crippen LogP contribution in [0.2, 0.25) is 5.02 Å². The maximum absolute atomic E-state index is 12.6. The van der Waals surface area contributed by atoms with Gasteiger partial charge < -0.3 is 4.52 Å². The summed E-state index contributed by atoms with van der Waals surface area (Å²) in [5.41, 5.74) is 0.650. The van der Waals surface area contributed by atoms with Crippen molar-refractivity contribution in [1.82, 2.24) is 19.7 Å². The second kappa shape index (κ2) is 6.42. The number of halogens is 1. The molecule has 0 aliphatic carbocycles. The highest BCUT2D eigenvalue weighted by Crippen LogP contribution is 2.22. The summed E-state index contributed by atoms with van der Waals surface area (Å²) in [6.07, 6.45) is 2.40. The standard InChI is InChI=1S/C17H13ClN4O2S/c1-2-12-7-13-16(25-12)19-9-22(17(13)23)8-14-20-15(21-24-14)10-4-3-5-11(18)6-10/h3-7,9H,2,8H2,1H3. The molecule has 0 saturated heterocycles. The molecule has 3 aromatic heterocycles. The number of nitrogens with zero attached hydrogens (tertiary/aromatic N) is 4. The maximum Gasteiger partial charge on any atom is 0.262 e. The summed E-state index contributed by atoms with van der Waals surface area (Å²) in [4.78, 5) is 23.2. The molecule has 3 heterocycles. The van der Waals surface area contributed by atoms with Crippen LogP contribution in [-0.4, -0.2) is 19.7 Å². The number of thiophene rings is 1. The van der Waals surface area contributed by atoms with E-state index in [-0.39, 0.29) is 12.1 Å². The van der Waals surface area contributed by atoms with Gasteiger partial charge in [-0.1, -0.05) is 35.8 Å². The van der Waals surface area contributed by atoms with E-state index < -0.39 is 0 Å². The van der Waals surface area contributed by atoms with Crippen molar-refractivity contribution >= 4 is 33.2 Å². The second-order valence-corrected chi connectivity index (χ2v) is 7.04. The Morgan fingerprint density at radius 3 is 3.00 bits per heavy atom. The first-order valence-corrected chi connectivity index (χ1v) is 8.90. The lowest BCUT2D eigenvalue weighted by atomic mass is 10.2. The number of hydrogen-bond donors (Lipinski definition) is 0. The van der Waals surface area contributed by atoms with Crippen molar-refractivity contribution in [2.75, 3.05) is 0 Å². The number of rotatable bonds is 4. The van der Waals surface area contributed by atoms with E-state index in [1.165, 1.54) is 10.9 Å². The minimum atomic E-state index is -0.108. The predicted octanol–water partition coefficient (Wildman–Crippen LogP) is 3.77. The van der Waals surface area contributed by atoms with Gasteiger partial charge in [0.15, 0.2) is 0 Å². The third kappa shape index (κ3) is 3.08. The van der Waals surface area contributed by atoms with Crippen LogP contribution in [0.4, 0.5) is 0 Å². The molecule has 4 rings (SSSR count). The van der Waals surface area contributed by atoms with Gasteiger partial charge in [0, 0.05) is 15.5 Å². The summed E-state index contributed by atoms with van der Waals surface area (Å²) in [5.74, 6) is 0.771. The molecule has 4 aromatic rings. The number of aryl methyl sites for hydroxylation is 1. The molecular formula is C17H13ClN4O2S. The number of aromatic nitrogens is 4. The Balaban J connectivity index is 1.66. The van der Waals surface area contributed by atoms with Gasteiger partial charge in [0.2, 0.25) is 11.7 Å². The lowest BCUT2D eigenvalue weighted by molar-refractivity contribution is 0.369. The molecule has 0 fully saturated rings. The summed E-state index contributed by atoms with van der Waals surface area (Å²) in [7, 11) is 0. The van der Waals surface area contributed by atoms with E-state index in [2.05, 4.69) is 22.0 Å². The van der Waals surface area contributed by atoms with E-state index in [9.17, 15) is 4.79 Å². The molecule has 0 amide bonds. The van der Waals surface area contributed by atoms with E-state index in [1.54, 1.807) is 23.5 Å². The fraction of sp³-hybridized carbons (Fsp3) is 0.176. The van der Waals surface area contributed by atoms with Gasteiger partial charge in [0.05, 0.1) is 11.7 Å². The molecule has 0 N–H and O–H groups in total. The van der Waals surface area contributed by atoms with E-state index >= 15 is 0 Å². The van der Waals surface area contributed by atoms with Gasteiger partial charge in [0.1, 0.15) is 11.4 Å². The minimum absolute atomic E-state index is 0.108. The minimum Gasteiger partial charge on any atom is -0.337 e. The van der Waals surface area contributed by atoms with Crippen molar-refractivity contribution in [2.24, 2.45) is 0 Å². The molecule has 0 bridgehead atoms. The monoisotopic (exact) mass is 372 g/mol. The molecule has 8 heteroatoms. The first kappa shape index (κ1) is 16.0. The van der Waals surface area contributed by atoms with Gasteiger partial charge in [-0.3, -0.25) is 9.36 Å². The van der Waals surface area contributed by atoms with Crippen LogP contribution >= 0.6 is 22.9 Å². The van der Waals surface area contributed by atoms with Gasteiger partial charge in [0.25, 0.3) is 5.56 Å². The molecule has 0 aliphatic rings. The largest absolute Gasteiger partial charge is 0.337 e. The average molecular weight is 373 g/mol. The molecule has 0 unspecified atom stereocenters. The zero-order valence-corrected chi connectivity index (χ0v) is 14.8. The molecular weight excluding hydrogens is 360 g/mol. The second-order valence-electron chi connectivity index (χ2n) is 5.48. The molecule has 0 aliphatic heterocycles. The van der Waals surface area contributed by atoms with Crippen LogP contribution in [0.5, 0.6) is 0 Å². The molecule has 126 valence electrons. The Bertz CT molecular complexity index is 1120. The Labute approximate surface area is 151 Å². The smallest absolute Gasteiger partial charge is 0.262 e.